The minimum atomic E-state index is -0.752. The third-order valence-electron chi connectivity index (χ3n) is 5.91. The van der Waals surface area contributed by atoms with Crippen LogP contribution in [0.5, 0.6) is 0 Å². The lowest BCUT2D eigenvalue weighted by molar-refractivity contribution is -0.139. The maximum Gasteiger partial charge on any atom is 0.336 e. The third kappa shape index (κ3) is 6.72. The number of halogens is 1. The molecule has 0 saturated carbocycles. The number of methoxy groups -OCH3 is 1. The number of nitrogens with one attached hydrogen (secondary N) is 2. The van der Waals surface area contributed by atoms with Gasteiger partial charge in [0.2, 0.25) is 0 Å². The van der Waals surface area contributed by atoms with Crippen LogP contribution in [0.15, 0.2) is 71.1 Å². The molecule has 11 heteroatoms. The van der Waals surface area contributed by atoms with Crippen LogP contribution < -0.4 is 16.4 Å². The number of fused-ring (bicyclic) bond motifs is 1. The number of hydrogen-bond donors (Lipinski definition) is 3. The maximum absolute atomic E-state index is 12.9. The SMILES string of the molecule is CCOC(=O)C1=C(COCCN)NC(C)=C(C(=O)OC)C1c1ccccc1Cl.O=C1NC(=O)c2ccccc21. The number of dihydropyridines is 1. The molecule has 0 saturated heterocycles. The Labute approximate surface area is 231 Å². The van der Waals surface area contributed by atoms with Crippen molar-refractivity contribution in [2.24, 2.45) is 5.73 Å². The molecular weight excluding hydrogens is 526 g/mol. The van der Waals surface area contributed by atoms with Crippen LogP contribution in [0, 0.1) is 0 Å². The van der Waals surface area contributed by atoms with Gasteiger partial charge >= 0.3 is 11.9 Å². The number of carbonyl (C=O) groups excluding carboxylic acids is 4. The van der Waals surface area contributed by atoms with Gasteiger partial charge in [-0.3, -0.25) is 14.9 Å². The highest BCUT2D eigenvalue weighted by Crippen LogP contribution is 2.41. The number of allylic oxidation sites excluding steroid dienone is 1. The fourth-order valence-electron chi connectivity index (χ4n) is 4.24. The lowest BCUT2D eigenvalue weighted by Crippen LogP contribution is -2.35. The first-order chi connectivity index (χ1) is 18.7. The predicted molar refractivity (Wildman–Crippen MR) is 144 cm³/mol. The minimum absolute atomic E-state index is 0.109. The molecule has 1 atom stereocenters. The lowest BCUT2D eigenvalue weighted by Gasteiger charge is -2.31. The summed E-state index contributed by atoms with van der Waals surface area (Å²) in [6, 6.07) is 13.8. The molecule has 0 aliphatic carbocycles. The molecule has 206 valence electrons. The van der Waals surface area contributed by atoms with Gasteiger partial charge in [0.1, 0.15) is 0 Å². The van der Waals surface area contributed by atoms with E-state index in [4.69, 9.17) is 31.5 Å². The van der Waals surface area contributed by atoms with Gasteiger partial charge in [-0.05, 0) is 37.6 Å². The molecule has 4 rings (SSSR count). The average Bonchev–Trinajstić information content (AvgIpc) is 3.22. The number of esters is 2. The molecule has 2 amide bonds. The Morgan fingerprint density at radius 2 is 1.56 bits per heavy atom. The number of nitrogens with two attached hydrogens (primary N) is 1. The number of imide groups is 1. The van der Waals surface area contributed by atoms with Crippen molar-refractivity contribution in [3.8, 4) is 0 Å². The fourth-order valence-corrected chi connectivity index (χ4v) is 4.48. The van der Waals surface area contributed by atoms with E-state index in [-0.39, 0.29) is 30.6 Å². The topological polar surface area (TPSA) is 146 Å². The zero-order chi connectivity index (χ0) is 28.5. The summed E-state index contributed by atoms with van der Waals surface area (Å²) in [6.45, 7) is 4.42. The monoisotopic (exact) mass is 555 g/mol. The Bertz CT molecular complexity index is 1300. The molecule has 0 radical (unpaired) electrons. The van der Waals surface area contributed by atoms with Crippen LogP contribution in [-0.4, -0.2) is 57.2 Å². The summed E-state index contributed by atoms with van der Waals surface area (Å²) in [5.74, 6) is -2.46. The zero-order valence-corrected chi connectivity index (χ0v) is 22.6. The molecule has 0 aromatic heterocycles. The molecule has 0 bridgehead atoms. The second-order valence-corrected chi connectivity index (χ2v) is 8.80. The molecule has 39 heavy (non-hydrogen) atoms. The summed E-state index contributed by atoms with van der Waals surface area (Å²) in [7, 11) is 1.29. The Morgan fingerprint density at radius 3 is 2.13 bits per heavy atom. The minimum Gasteiger partial charge on any atom is -0.466 e. The van der Waals surface area contributed by atoms with Gasteiger partial charge in [0.05, 0.1) is 60.8 Å². The van der Waals surface area contributed by atoms with Gasteiger partial charge in [0.15, 0.2) is 0 Å². The molecule has 4 N–H and O–H groups in total. The molecule has 1 unspecified atom stereocenters. The Morgan fingerprint density at radius 1 is 0.949 bits per heavy atom. The molecule has 2 aliphatic rings. The van der Waals surface area contributed by atoms with Crippen molar-refractivity contribution in [2.75, 3.05) is 33.5 Å². The van der Waals surface area contributed by atoms with Crippen molar-refractivity contribution in [3.63, 3.8) is 0 Å². The van der Waals surface area contributed by atoms with Crippen molar-refractivity contribution in [1.29, 1.82) is 0 Å². The lowest BCUT2D eigenvalue weighted by atomic mass is 9.80. The van der Waals surface area contributed by atoms with E-state index < -0.39 is 17.9 Å². The number of ether oxygens (including phenoxy) is 3. The maximum atomic E-state index is 12.9. The second-order valence-electron chi connectivity index (χ2n) is 8.39. The first-order valence-electron chi connectivity index (χ1n) is 12.2. The molecular formula is C28H30ClN3O7. The Hall–Kier alpha value is -3.99. The number of hydrogen-bond acceptors (Lipinski definition) is 9. The van der Waals surface area contributed by atoms with Crippen molar-refractivity contribution in [1.82, 2.24) is 10.6 Å². The first kappa shape index (κ1) is 29.6. The highest BCUT2D eigenvalue weighted by molar-refractivity contribution is 6.31. The van der Waals surface area contributed by atoms with E-state index in [2.05, 4.69) is 10.6 Å². The predicted octanol–water partition coefficient (Wildman–Crippen LogP) is 2.84. The summed E-state index contributed by atoms with van der Waals surface area (Å²) >= 11 is 6.42. The van der Waals surface area contributed by atoms with Crippen LogP contribution in [0.25, 0.3) is 0 Å². The van der Waals surface area contributed by atoms with E-state index in [9.17, 15) is 19.2 Å². The fraction of sp³-hybridized carbons (Fsp3) is 0.286. The molecule has 2 aromatic carbocycles. The van der Waals surface area contributed by atoms with Crippen LogP contribution in [-0.2, 0) is 23.8 Å². The highest BCUT2D eigenvalue weighted by Gasteiger charge is 2.39. The van der Waals surface area contributed by atoms with Crippen molar-refractivity contribution in [3.05, 3.63) is 92.8 Å². The third-order valence-corrected chi connectivity index (χ3v) is 6.26. The van der Waals surface area contributed by atoms with E-state index in [0.717, 1.165) is 0 Å². The standard InChI is InChI=1S/C20H25ClN2O5.C8H5NO2/c1-4-28-20(25)18-15(11-27-10-9-22)23-12(2)16(19(24)26-3)17(18)13-7-5-6-8-14(13)21;10-7-5-3-1-2-4-6(5)8(11)9-7/h5-8,17,23H,4,9-11,22H2,1-3H3;1-4H,(H,9,10,11). The van der Waals surface area contributed by atoms with E-state index in [0.29, 0.717) is 51.8 Å². The average molecular weight is 556 g/mol. The van der Waals surface area contributed by atoms with Crippen LogP contribution in [0.1, 0.15) is 46.0 Å². The van der Waals surface area contributed by atoms with Gasteiger partial charge < -0.3 is 25.3 Å². The molecule has 2 aliphatic heterocycles. The van der Waals surface area contributed by atoms with Gasteiger partial charge in [0.25, 0.3) is 11.8 Å². The molecule has 2 heterocycles. The van der Waals surface area contributed by atoms with Gasteiger partial charge in [-0.2, -0.15) is 0 Å². The van der Waals surface area contributed by atoms with Gasteiger partial charge in [-0.1, -0.05) is 41.9 Å². The second kappa shape index (κ2) is 13.7. The smallest absolute Gasteiger partial charge is 0.336 e. The van der Waals surface area contributed by atoms with Gasteiger partial charge in [-0.25, -0.2) is 9.59 Å². The zero-order valence-electron chi connectivity index (χ0n) is 21.8. The van der Waals surface area contributed by atoms with Crippen molar-refractivity contribution in [2.45, 2.75) is 19.8 Å². The van der Waals surface area contributed by atoms with Crippen molar-refractivity contribution >= 4 is 35.4 Å². The van der Waals surface area contributed by atoms with Crippen LogP contribution in [0.2, 0.25) is 5.02 Å². The van der Waals surface area contributed by atoms with E-state index in [1.165, 1.54) is 7.11 Å². The van der Waals surface area contributed by atoms with Gasteiger partial charge in [-0.15, -0.1) is 0 Å². The molecule has 0 spiro atoms. The molecule has 10 nitrogen and oxygen atoms in total. The summed E-state index contributed by atoms with van der Waals surface area (Å²) in [6.07, 6.45) is 0. The number of amides is 2. The van der Waals surface area contributed by atoms with Crippen LogP contribution in [0.3, 0.4) is 0 Å². The summed E-state index contributed by atoms with van der Waals surface area (Å²) in [5.41, 5.74) is 8.64. The van der Waals surface area contributed by atoms with Crippen LogP contribution >= 0.6 is 11.6 Å². The summed E-state index contributed by atoms with van der Waals surface area (Å²) in [5, 5.41) is 5.73. The largest absolute Gasteiger partial charge is 0.466 e. The van der Waals surface area contributed by atoms with Crippen LogP contribution in [0.4, 0.5) is 0 Å². The van der Waals surface area contributed by atoms with Crippen molar-refractivity contribution < 1.29 is 33.4 Å². The van der Waals surface area contributed by atoms with E-state index in [1.807, 2.05) is 0 Å². The normalized spacial score (nSPS) is 16.1. The Kier molecular flexibility index (Phi) is 10.4. The number of carbonyl (C=O) groups is 4. The molecule has 0 fully saturated rings. The number of rotatable bonds is 8. The highest BCUT2D eigenvalue weighted by atomic mass is 35.5. The number of benzene rings is 2. The Balaban J connectivity index is 0.000000314. The summed E-state index contributed by atoms with van der Waals surface area (Å²) < 4.78 is 15.8. The summed E-state index contributed by atoms with van der Waals surface area (Å²) in [4.78, 5) is 47.3. The molecule has 2 aromatic rings. The van der Waals surface area contributed by atoms with E-state index in [1.54, 1.807) is 62.4 Å². The quantitative estimate of drug-likeness (QED) is 0.254. The first-order valence-corrected chi connectivity index (χ1v) is 12.6. The van der Waals surface area contributed by atoms with E-state index >= 15 is 0 Å². The van der Waals surface area contributed by atoms with Gasteiger partial charge in [0, 0.05) is 17.3 Å².